The third-order valence-corrected chi connectivity index (χ3v) is 12.7. The van der Waals surface area contributed by atoms with Gasteiger partial charge in [-0.25, -0.2) is 14.4 Å². The number of urea groups is 1. The van der Waals surface area contributed by atoms with Gasteiger partial charge in [0.15, 0.2) is 0 Å². The van der Waals surface area contributed by atoms with E-state index in [4.69, 9.17) is 9.84 Å². The van der Waals surface area contributed by atoms with E-state index in [9.17, 15) is 88.2 Å². The SMILES string of the molecule is Cc1ccc(CCCC(=O)NCCCC[C@H](NC(=O)CN2CCN(CC(=O)O)CCN(CC(=O)O)CCN(CC(=O)O)CC2)C(=O)NCCOCC(=O)N(CCCC[C@H](NC(=O)N[C@@H](CCC(=O)O)C(=O)O)C(=O)O)CC(=O)O)cc1. The Hall–Kier alpha value is -7.54. The lowest BCUT2D eigenvalue weighted by Crippen LogP contribution is -2.52. The van der Waals surface area contributed by atoms with Crippen LogP contribution in [-0.4, -0.2) is 268 Å². The Labute approximate surface area is 468 Å². The van der Waals surface area contributed by atoms with Crippen molar-refractivity contribution in [2.24, 2.45) is 0 Å². The summed E-state index contributed by atoms with van der Waals surface area (Å²) >= 11 is 0. The number of ether oxygens (including phenoxy) is 1. The number of aliphatic carboxylic acids is 7. The van der Waals surface area contributed by atoms with Crippen molar-refractivity contribution in [3.8, 4) is 0 Å². The molecule has 3 atom stereocenters. The summed E-state index contributed by atoms with van der Waals surface area (Å²) in [5.41, 5.74) is 2.25. The third kappa shape index (κ3) is 33.0. The highest BCUT2D eigenvalue weighted by molar-refractivity contribution is 5.88. The van der Waals surface area contributed by atoms with E-state index in [0.29, 0.717) is 32.2 Å². The molecule has 0 spiro atoms. The minimum Gasteiger partial charge on any atom is -0.481 e. The van der Waals surface area contributed by atoms with Crippen molar-refractivity contribution in [1.82, 2.24) is 51.1 Å². The maximum Gasteiger partial charge on any atom is 0.326 e. The van der Waals surface area contributed by atoms with Crippen LogP contribution in [0.4, 0.5) is 4.79 Å². The molecule has 12 N–H and O–H groups in total. The summed E-state index contributed by atoms with van der Waals surface area (Å²) in [4.78, 5) is 154. The van der Waals surface area contributed by atoms with E-state index >= 15 is 0 Å². The molecule has 0 radical (unpaired) electrons. The van der Waals surface area contributed by atoms with Gasteiger partial charge in [-0.3, -0.25) is 62.8 Å². The molecule has 0 bridgehead atoms. The topological polar surface area (TPSA) is 432 Å². The molecule has 1 aliphatic heterocycles. The molecule has 0 aromatic heterocycles. The van der Waals surface area contributed by atoms with E-state index in [1.54, 1.807) is 19.6 Å². The van der Waals surface area contributed by atoms with Crippen LogP contribution in [0.15, 0.2) is 24.3 Å². The summed E-state index contributed by atoms with van der Waals surface area (Å²) in [6.45, 7) is 0.175. The molecule has 1 fully saturated rings. The van der Waals surface area contributed by atoms with Crippen molar-refractivity contribution in [2.75, 3.05) is 118 Å². The first kappa shape index (κ1) is 69.6. The van der Waals surface area contributed by atoms with Crippen LogP contribution in [0.3, 0.4) is 0 Å². The van der Waals surface area contributed by atoms with Gasteiger partial charge in [0.25, 0.3) is 0 Å². The summed E-state index contributed by atoms with van der Waals surface area (Å²) in [5, 5.41) is 78.3. The number of carbonyl (C=O) groups is 12. The number of benzene rings is 1. The summed E-state index contributed by atoms with van der Waals surface area (Å²) < 4.78 is 5.46. The van der Waals surface area contributed by atoms with Crippen LogP contribution in [0.5, 0.6) is 0 Å². The van der Waals surface area contributed by atoms with Crippen LogP contribution in [0.1, 0.15) is 75.3 Å². The van der Waals surface area contributed by atoms with Crippen molar-refractivity contribution >= 4 is 71.4 Å². The lowest BCUT2D eigenvalue weighted by atomic mass is 10.1. The standard InChI is InChI=1S/C51H80N10O20/c1-35-11-13-36(14-12-35)7-6-10-40(62)52-17-4-2-8-37(54-41(63)29-57-20-22-58(30-44(67)68)24-26-60(32-46(71)72)27-25-59(23-21-57)31-45(69)70)48(75)53-18-28-81-34-42(64)61(33-47(73)74)19-5-3-9-38(49(76)77)55-51(80)56-39(50(78)79)15-16-43(65)66/h11-14,37-39H,2-10,15-34H2,1H3,(H,52,62)(H,53,75)(H,54,63)(H,65,66)(H,67,68)(H,69,70)(H,71,72)(H,73,74)(H,76,77)(H,78,79)(H2,55,56,80)/t37-,38-,39-/m0/s1. The molecule has 1 heterocycles. The van der Waals surface area contributed by atoms with Gasteiger partial charge in [0.1, 0.15) is 31.3 Å². The normalized spacial score (nSPS) is 15.0. The van der Waals surface area contributed by atoms with Gasteiger partial charge in [-0.1, -0.05) is 29.8 Å². The molecule has 1 aliphatic rings. The Balaban J connectivity index is 2.08. The highest BCUT2D eigenvalue weighted by atomic mass is 16.5. The number of carbonyl (C=O) groups excluding carboxylic acids is 5. The molecule has 30 nitrogen and oxygen atoms in total. The number of amides is 6. The number of aryl methyl sites for hydroxylation is 2. The fraction of sp³-hybridized carbons (Fsp3) is 0.647. The number of carboxylic acid groups (broad SMARTS) is 7. The molecule has 81 heavy (non-hydrogen) atoms. The number of hydrogen-bond donors (Lipinski definition) is 12. The van der Waals surface area contributed by atoms with Crippen LogP contribution in [-0.2, 0) is 63.9 Å². The molecule has 0 aliphatic carbocycles. The Morgan fingerprint density at radius 2 is 1.01 bits per heavy atom. The molecular weight excluding hydrogens is 1070 g/mol. The minimum atomic E-state index is -1.62. The number of unbranched alkanes of at least 4 members (excludes halogenated alkanes) is 2. The predicted molar refractivity (Wildman–Crippen MR) is 285 cm³/mol. The average molecular weight is 1150 g/mol. The molecule has 1 aromatic carbocycles. The molecule has 6 amide bonds. The number of nitrogens with zero attached hydrogens (tertiary/aromatic N) is 5. The van der Waals surface area contributed by atoms with Crippen molar-refractivity contribution < 1.29 is 98.0 Å². The summed E-state index contributed by atoms with van der Waals surface area (Å²) in [6, 6.07) is 2.60. The van der Waals surface area contributed by atoms with E-state index < -0.39 is 110 Å². The van der Waals surface area contributed by atoms with Gasteiger partial charge in [0.05, 0.1) is 32.8 Å². The van der Waals surface area contributed by atoms with E-state index in [1.807, 2.05) is 36.5 Å². The first-order valence-electron chi connectivity index (χ1n) is 26.7. The zero-order valence-corrected chi connectivity index (χ0v) is 45.7. The van der Waals surface area contributed by atoms with Gasteiger partial charge >= 0.3 is 47.8 Å². The lowest BCUT2D eigenvalue weighted by molar-refractivity contribution is -0.146. The number of rotatable bonds is 38. The highest BCUT2D eigenvalue weighted by Crippen LogP contribution is 2.10. The second-order valence-corrected chi connectivity index (χ2v) is 19.5. The number of carboxylic acids is 7. The predicted octanol–water partition coefficient (Wildman–Crippen LogP) is -2.15. The van der Waals surface area contributed by atoms with Crippen LogP contribution in [0, 0.1) is 6.92 Å². The Kier molecular flexibility index (Phi) is 33.5. The maximum atomic E-state index is 13.8. The van der Waals surface area contributed by atoms with Gasteiger partial charge < -0.3 is 72.0 Å². The zero-order chi connectivity index (χ0) is 60.3. The second-order valence-electron chi connectivity index (χ2n) is 19.5. The Morgan fingerprint density at radius 1 is 0.519 bits per heavy atom. The monoisotopic (exact) mass is 1150 g/mol. The maximum absolute atomic E-state index is 13.8. The molecule has 0 unspecified atom stereocenters. The van der Waals surface area contributed by atoms with Crippen molar-refractivity contribution in [2.45, 2.75) is 95.7 Å². The quantitative estimate of drug-likeness (QED) is 0.0314. The summed E-state index contributed by atoms with van der Waals surface area (Å²) in [7, 11) is 0. The fourth-order valence-corrected chi connectivity index (χ4v) is 8.36. The second kappa shape index (κ2) is 39.0. The minimum absolute atomic E-state index is 0.0432. The Morgan fingerprint density at radius 3 is 1.51 bits per heavy atom. The first-order valence-corrected chi connectivity index (χ1v) is 26.7. The fourth-order valence-electron chi connectivity index (χ4n) is 8.36. The smallest absolute Gasteiger partial charge is 0.326 e. The van der Waals surface area contributed by atoms with E-state index in [-0.39, 0.29) is 130 Å². The summed E-state index contributed by atoms with van der Waals surface area (Å²) in [6.07, 6.45) is 1.44. The molecule has 0 saturated carbocycles. The van der Waals surface area contributed by atoms with E-state index in [1.165, 1.54) is 0 Å². The first-order chi connectivity index (χ1) is 38.4. The van der Waals surface area contributed by atoms with Gasteiger partial charge in [-0.2, -0.15) is 0 Å². The molecule has 1 aromatic rings. The van der Waals surface area contributed by atoms with Gasteiger partial charge in [-0.05, 0) is 70.3 Å². The number of hydrogen-bond acceptors (Lipinski definition) is 17. The average Bonchev–Trinajstić information content (AvgIpc) is 3.38. The highest BCUT2D eigenvalue weighted by Gasteiger charge is 2.27. The summed E-state index contributed by atoms with van der Waals surface area (Å²) in [5.74, 6) is -11.2. The van der Waals surface area contributed by atoms with Gasteiger partial charge in [0.2, 0.25) is 23.6 Å². The van der Waals surface area contributed by atoms with Crippen molar-refractivity contribution in [3.05, 3.63) is 35.4 Å². The van der Waals surface area contributed by atoms with Crippen LogP contribution in [0.2, 0.25) is 0 Å². The Bertz CT molecular complexity index is 2210. The molecule has 2 rings (SSSR count). The molecule has 454 valence electrons. The molecular formula is C51H80N10O20. The van der Waals surface area contributed by atoms with E-state index in [0.717, 1.165) is 22.4 Å². The number of nitrogens with one attached hydrogen (secondary N) is 5. The van der Waals surface area contributed by atoms with Crippen molar-refractivity contribution in [1.29, 1.82) is 0 Å². The van der Waals surface area contributed by atoms with Gasteiger partial charge in [0, 0.05) is 84.8 Å². The van der Waals surface area contributed by atoms with E-state index in [2.05, 4.69) is 21.3 Å². The largest absolute Gasteiger partial charge is 0.481 e. The van der Waals surface area contributed by atoms with Crippen LogP contribution >= 0.6 is 0 Å². The molecule has 30 heteroatoms. The van der Waals surface area contributed by atoms with Gasteiger partial charge in [-0.15, -0.1) is 0 Å². The zero-order valence-electron chi connectivity index (χ0n) is 45.7. The van der Waals surface area contributed by atoms with Crippen LogP contribution in [0.25, 0.3) is 0 Å². The van der Waals surface area contributed by atoms with Crippen LogP contribution < -0.4 is 26.6 Å². The van der Waals surface area contributed by atoms with Crippen molar-refractivity contribution in [3.63, 3.8) is 0 Å². The lowest BCUT2D eigenvalue weighted by Gasteiger charge is -2.33. The molecule has 1 saturated heterocycles. The third-order valence-electron chi connectivity index (χ3n) is 12.7.